The van der Waals surface area contributed by atoms with Crippen LogP contribution < -0.4 is 16.0 Å². The molecule has 0 spiro atoms. The average Bonchev–Trinajstić information content (AvgIpc) is 2.89. The molecular formula is C27H20N4O6S. The fourth-order valence-corrected chi connectivity index (χ4v) is 5.12. The van der Waals surface area contributed by atoms with Gasteiger partial charge in [-0.1, -0.05) is 0 Å². The van der Waals surface area contributed by atoms with E-state index in [4.69, 9.17) is 10.5 Å². The Kier molecular flexibility index (Phi) is 6.13. The van der Waals surface area contributed by atoms with E-state index in [2.05, 4.69) is 9.97 Å². The first kappa shape index (κ1) is 24.7. The summed E-state index contributed by atoms with van der Waals surface area (Å²) in [5.74, 6) is -0.340. The lowest BCUT2D eigenvalue weighted by Gasteiger charge is -2.13. The Hall–Kier alpha value is -5.03. The Morgan fingerprint density at radius 1 is 0.868 bits per heavy atom. The molecule has 0 atom stereocenters. The van der Waals surface area contributed by atoms with Crippen molar-refractivity contribution in [3.05, 3.63) is 107 Å². The normalized spacial score (nSPS) is 11.4. The van der Waals surface area contributed by atoms with Gasteiger partial charge in [0, 0.05) is 17.0 Å². The number of carbonyl (C=O) groups is 1. The van der Waals surface area contributed by atoms with E-state index in [1.54, 1.807) is 25.1 Å². The number of primary amides is 1. The van der Waals surface area contributed by atoms with Crippen molar-refractivity contribution >= 4 is 26.8 Å². The number of aryl methyl sites for hydroxylation is 1. The zero-order valence-electron chi connectivity index (χ0n) is 19.9. The van der Waals surface area contributed by atoms with Crippen LogP contribution in [0.3, 0.4) is 0 Å². The molecule has 0 bridgehead atoms. The fraction of sp³-hybridized carbons (Fsp3) is 0.0370. The fourth-order valence-electron chi connectivity index (χ4n) is 3.86. The highest BCUT2D eigenvalue weighted by Crippen LogP contribution is 2.27. The van der Waals surface area contributed by atoms with Crippen LogP contribution in [-0.4, -0.2) is 34.0 Å². The van der Waals surface area contributed by atoms with Gasteiger partial charge in [-0.2, -0.15) is 9.97 Å². The molecule has 0 saturated carbocycles. The van der Waals surface area contributed by atoms with Gasteiger partial charge in [0.2, 0.25) is 15.7 Å². The standard InChI is InChI=1S/C27H20N4O6S/c1-16-23-14-15-24(33)31(18-4-2-17(3-5-18)25(28)34)26(23)30-27(29-16)37-20-8-12-22(13-9-20)38(35,36)21-10-6-19(32)7-11-21/h2-15,32H,1H3,(H2,28,34). The van der Waals surface area contributed by atoms with Crippen molar-refractivity contribution in [1.29, 1.82) is 0 Å². The van der Waals surface area contributed by atoms with E-state index in [-0.39, 0.29) is 32.9 Å². The van der Waals surface area contributed by atoms with Crippen molar-refractivity contribution in [2.24, 2.45) is 5.73 Å². The largest absolute Gasteiger partial charge is 0.508 e. The third kappa shape index (κ3) is 4.58. The molecule has 5 aromatic rings. The number of fused-ring (bicyclic) bond motifs is 1. The molecule has 0 aliphatic carbocycles. The Morgan fingerprint density at radius 2 is 1.47 bits per heavy atom. The van der Waals surface area contributed by atoms with Crippen LogP contribution >= 0.6 is 0 Å². The first-order valence-electron chi connectivity index (χ1n) is 11.3. The Morgan fingerprint density at radius 3 is 2.08 bits per heavy atom. The molecule has 5 rings (SSSR count). The molecule has 3 N–H and O–H groups in total. The maximum absolute atomic E-state index is 12.9. The van der Waals surface area contributed by atoms with Gasteiger partial charge in [0.1, 0.15) is 11.5 Å². The highest BCUT2D eigenvalue weighted by Gasteiger charge is 2.18. The van der Waals surface area contributed by atoms with Crippen LogP contribution in [0.4, 0.5) is 0 Å². The first-order valence-corrected chi connectivity index (χ1v) is 12.7. The van der Waals surface area contributed by atoms with Crippen LogP contribution in [0.25, 0.3) is 16.7 Å². The number of rotatable bonds is 6. The average molecular weight is 529 g/mol. The molecule has 38 heavy (non-hydrogen) atoms. The van der Waals surface area contributed by atoms with E-state index >= 15 is 0 Å². The Balaban J connectivity index is 1.50. The van der Waals surface area contributed by atoms with Crippen molar-refractivity contribution < 1.29 is 23.1 Å². The third-order valence-corrected chi connectivity index (χ3v) is 7.61. The summed E-state index contributed by atoms with van der Waals surface area (Å²) in [7, 11) is -3.80. The second kappa shape index (κ2) is 9.45. The number of hydrogen-bond donors (Lipinski definition) is 2. The number of sulfone groups is 1. The SMILES string of the molecule is Cc1nc(Oc2ccc(S(=O)(=O)c3ccc(O)cc3)cc2)nc2c1ccc(=O)n2-c1ccc(C(N)=O)cc1. The zero-order valence-corrected chi connectivity index (χ0v) is 20.7. The molecule has 0 aliphatic heterocycles. The smallest absolute Gasteiger partial charge is 0.324 e. The first-order chi connectivity index (χ1) is 18.1. The van der Waals surface area contributed by atoms with Crippen LogP contribution in [0.5, 0.6) is 17.5 Å². The second-order valence-electron chi connectivity index (χ2n) is 8.32. The van der Waals surface area contributed by atoms with Gasteiger partial charge in [0.25, 0.3) is 5.56 Å². The number of benzene rings is 3. The highest BCUT2D eigenvalue weighted by molar-refractivity contribution is 7.91. The van der Waals surface area contributed by atoms with Gasteiger partial charge in [-0.15, -0.1) is 0 Å². The zero-order chi connectivity index (χ0) is 27.0. The number of carbonyl (C=O) groups excluding carboxylic acids is 1. The predicted octanol–water partition coefficient (Wildman–Crippen LogP) is 3.52. The third-order valence-electron chi connectivity index (χ3n) is 5.82. The Labute approximate surface area is 216 Å². The monoisotopic (exact) mass is 528 g/mol. The minimum absolute atomic E-state index is 0.0357. The summed E-state index contributed by atoms with van der Waals surface area (Å²) in [6.07, 6.45) is 0. The molecule has 0 fully saturated rings. The van der Waals surface area contributed by atoms with Gasteiger partial charge in [-0.25, -0.2) is 8.42 Å². The summed E-state index contributed by atoms with van der Waals surface area (Å²) in [5, 5.41) is 10.0. The molecule has 0 aliphatic rings. The maximum atomic E-state index is 12.9. The summed E-state index contributed by atoms with van der Waals surface area (Å²) in [5.41, 5.74) is 6.58. The lowest BCUT2D eigenvalue weighted by atomic mass is 10.2. The van der Waals surface area contributed by atoms with Gasteiger partial charge in [-0.05, 0) is 85.8 Å². The van der Waals surface area contributed by atoms with Crippen LogP contribution in [0, 0.1) is 6.92 Å². The topological polar surface area (TPSA) is 154 Å². The van der Waals surface area contributed by atoms with E-state index < -0.39 is 15.7 Å². The summed E-state index contributed by atoms with van der Waals surface area (Å²) in [6, 6.07) is 20.1. The summed E-state index contributed by atoms with van der Waals surface area (Å²) >= 11 is 0. The molecule has 0 saturated heterocycles. The molecule has 0 unspecified atom stereocenters. The molecule has 190 valence electrons. The van der Waals surface area contributed by atoms with Gasteiger partial charge in [0.15, 0.2) is 5.65 Å². The Bertz CT molecular complexity index is 1850. The number of aromatic nitrogens is 3. The van der Waals surface area contributed by atoms with E-state index in [1.165, 1.54) is 71.3 Å². The maximum Gasteiger partial charge on any atom is 0.324 e. The van der Waals surface area contributed by atoms with Gasteiger partial charge >= 0.3 is 6.01 Å². The predicted molar refractivity (Wildman–Crippen MR) is 138 cm³/mol. The van der Waals surface area contributed by atoms with Gasteiger partial charge in [-0.3, -0.25) is 14.2 Å². The number of amides is 1. The summed E-state index contributed by atoms with van der Waals surface area (Å²) in [6.45, 7) is 1.75. The summed E-state index contributed by atoms with van der Waals surface area (Å²) in [4.78, 5) is 33.1. The van der Waals surface area contributed by atoms with E-state index in [1.807, 2.05) is 0 Å². The van der Waals surface area contributed by atoms with Crippen molar-refractivity contribution in [2.45, 2.75) is 16.7 Å². The number of hydrogen-bond acceptors (Lipinski definition) is 8. The highest BCUT2D eigenvalue weighted by atomic mass is 32.2. The van der Waals surface area contributed by atoms with Crippen LogP contribution in [0.2, 0.25) is 0 Å². The number of aromatic hydroxyl groups is 1. The number of phenols is 1. The quantitative estimate of drug-likeness (QED) is 0.339. The van der Waals surface area contributed by atoms with Crippen molar-refractivity contribution in [2.75, 3.05) is 0 Å². The van der Waals surface area contributed by atoms with Crippen LogP contribution in [-0.2, 0) is 9.84 Å². The molecule has 11 heteroatoms. The van der Waals surface area contributed by atoms with E-state index in [9.17, 15) is 23.1 Å². The van der Waals surface area contributed by atoms with Crippen LogP contribution in [0.1, 0.15) is 16.1 Å². The lowest BCUT2D eigenvalue weighted by Crippen LogP contribution is -2.19. The number of nitrogens with two attached hydrogens (primary N) is 1. The number of phenolic OH excluding ortho intramolecular Hbond substituents is 1. The molecule has 10 nitrogen and oxygen atoms in total. The van der Waals surface area contributed by atoms with E-state index in [0.717, 1.165) is 0 Å². The van der Waals surface area contributed by atoms with Crippen molar-refractivity contribution in [3.63, 3.8) is 0 Å². The van der Waals surface area contributed by atoms with Crippen LogP contribution in [0.15, 0.2) is 99.5 Å². The molecule has 0 radical (unpaired) electrons. The molecule has 2 aromatic heterocycles. The second-order valence-corrected chi connectivity index (χ2v) is 10.3. The van der Waals surface area contributed by atoms with Crippen molar-refractivity contribution in [1.82, 2.24) is 14.5 Å². The summed E-state index contributed by atoms with van der Waals surface area (Å²) < 4.78 is 32.9. The molecule has 2 heterocycles. The van der Waals surface area contributed by atoms with E-state index in [0.29, 0.717) is 28.0 Å². The molecular weight excluding hydrogens is 508 g/mol. The molecule has 1 amide bonds. The van der Waals surface area contributed by atoms with Crippen molar-refractivity contribution in [3.8, 4) is 23.2 Å². The minimum Gasteiger partial charge on any atom is -0.508 e. The van der Waals surface area contributed by atoms with Gasteiger partial charge in [0.05, 0.1) is 21.2 Å². The minimum atomic E-state index is -3.80. The van der Waals surface area contributed by atoms with Gasteiger partial charge < -0.3 is 15.6 Å². The number of ether oxygens (including phenoxy) is 1. The molecule has 3 aromatic carbocycles. The number of pyridine rings is 1. The lowest BCUT2D eigenvalue weighted by molar-refractivity contribution is 0.1000. The number of nitrogens with zero attached hydrogens (tertiary/aromatic N) is 3.